The maximum absolute atomic E-state index is 4.07. The van der Waals surface area contributed by atoms with Crippen LogP contribution in [-0.4, -0.2) is 16.2 Å². The number of nitrogens with one attached hydrogen (secondary N) is 1. The summed E-state index contributed by atoms with van der Waals surface area (Å²) in [4.78, 5) is 7.99. The number of rotatable bonds is 3. The molecule has 4 nitrogen and oxygen atoms in total. The lowest BCUT2D eigenvalue weighted by Crippen LogP contribution is -1.92. The van der Waals surface area contributed by atoms with E-state index in [0.29, 0.717) is 0 Å². The Kier molecular flexibility index (Phi) is 3.02. The van der Waals surface area contributed by atoms with Crippen LogP contribution >= 0.6 is 0 Å². The molecule has 0 amide bonds. The predicted octanol–water partition coefficient (Wildman–Crippen LogP) is 1.92. The summed E-state index contributed by atoms with van der Waals surface area (Å²) in [5.74, 6) is 0.725. The Morgan fingerprint density at radius 1 is 1.07 bits per heavy atom. The molecule has 4 heteroatoms. The lowest BCUT2D eigenvalue weighted by atomic mass is 10.3. The van der Waals surface area contributed by atoms with Crippen molar-refractivity contribution in [2.45, 2.75) is 0 Å². The molecule has 1 N–H and O–H groups in total. The third kappa shape index (κ3) is 2.87. The van der Waals surface area contributed by atoms with Gasteiger partial charge in [-0.05, 0) is 29.8 Å². The molecule has 0 saturated heterocycles. The Balaban J connectivity index is 1.97. The summed E-state index contributed by atoms with van der Waals surface area (Å²) >= 11 is 0. The largest absolute Gasteiger partial charge is 0.265 e. The molecule has 74 valence electrons. The zero-order chi connectivity index (χ0) is 10.3. The van der Waals surface area contributed by atoms with E-state index in [1.165, 1.54) is 0 Å². The van der Waals surface area contributed by atoms with Crippen molar-refractivity contribution in [3.8, 4) is 0 Å². The van der Waals surface area contributed by atoms with Crippen LogP contribution in [0.15, 0.2) is 54.0 Å². The lowest BCUT2D eigenvalue weighted by molar-refractivity contribution is 1.23. The van der Waals surface area contributed by atoms with E-state index in [0.717, 1.165) is 11.4 Å². The Hall–Kier alpha value is -2.23. The summed E-state index contributed by atoms with van der Waals surface area (Å²) in [6.07, 6.45) is 6.88. The molecule has 0 fully saturated rings. The van der Waals surface area contributed by atoms with Gasteiger partial charge < -0.3 is 0 Å². The zero-order valence-electron chi connectivity index (χ0n) is 8.04. The molecule has 0 spiro atoms. The maximum atomic E-state index is 4.07. The second-order valence-electron chi connectivity index (χ2n) is 2.87. The Labute approximate surface area is 87.7 Å². The highest BCUT2D eigenvalue weighted by molar-refractivity contribution is 5.79. The minimum absolute atomic E-state index is 0.725. The number of hydrazone groups is 1. The van der Waals surface area contributed by atoms with Gasteiger partial charge in [0.15, 0.2) is 0 Å². The van der Waals surface area contributed by atoms with Crippen LogP contribution in [0.25, 0.3) is 0 Å². The Bertz CT molecular complexity index is 425. The van der Waals surface area contributed by atoms with Gasteiger partial charge in [0.2, 0.25) is 0 Å². The highest BCUT2D eigenvalue weighted by atomic mass is 15.3. The van der Waals surface area contributed by atoms with Crippen molar-refractivity contribution in [3.63, 3.8) is 0 Å². The second kappa shape index (κ2) is 4.85. The number of hydrogen-bond donors (Lipinski definition) is 1. The highest BCUT2D eigenvalue weighted by Crippen LogP contribution is 1.99. The van der Waals surface area contributed by atoms with E-state index in [4.69, 9.17) is 0 Å². The second-order valence-corrected chi connectivity index (χ2v) is 2.87. The summed E-state index contributed by atoms with van der Waals surface area (Å²) in [6.45, 7) is 0. The molecule has 0 unspecified atom stereocenters. The normalized spacial score (nSPS) is 10.4. The first-order valence-corrected chi connectivity index (χ1v) is 4.55. The average molecular weight is 198 g/mol. The molecule has 15 heavy (non-hydrogen) atoms. The molecule has 0 atom stereocenters. The molecule has 0 bridgehead atoms. The topological polar surface area (TPSA) is 50.2 Å². The monoisotopic (exact) mass is 198 g/mol. The smallest absolute Gasteiger partial charge is 0.146 e. The Morgan fingerprint density at radius 2 is 1.93 bits per heavy atom. The van der Waals surface area contributed by atoms with Crippen LogP contribution in [0.5, 0.6) is 0 Å². The van der Waals surface area contributed by atoms with Gasteiger partial charge in [0.25, 0.3) is 0 Å². The average Bonchev–Trinajstić information content (AvgIpc) is 2.32. The SMILES string of the molecule is C(=N/Nc1ccccn1)/c1ccncc1. The van der Waals surface area contributed by atoms with Crippen molar-refractivity contribution in [2.24, 2.45) is 5.10 Å². The molecule has 2 heterocycles. The van der Waals surface area contributed by atoms with Crippen LogP contribution in [0.1, 0.15) is 5.56 Å². The van der Waals surface area contributed by atoms with Crippen LogP contribution < -0.4 is 5.43 Å². The predicted molar refractivity (Wildman–Crippen MR) is 59.7 cm³/mol. The van der Waals surface area contributed by atoms with E-state index in [2.05, 4.69) is 20.5 Å². The third-order valence-electron chi connectivity index (χ3n) is 1.76. The van der Waals surface area contributed by atoms with Gasteiger partial charge in [-0.1, -0.05) is 6.07 Å². The van der Waals surface area contributed by atoms with Crippen molar-refractivity contribution in [1.29, 1.82) is 0 Å². The van der Waals surface area contributed by atoms with E-state index in [1.54, 1.807) is 24.8 Å². The van der Waals surface area contributed by atoms with Gasteiger partial charge in [-0.2, -0.15) is 5.10 Å². The van der Waals surface area contributed by atoms with Crippen molar-refractivity contribution in [2.75, 3.05) is 5.43 Å². The number of anilines is 1. The van der Waals surface area contributed by atoms with Crippen molar-refractivity contribution >= 4 is 12.0 Å². The number of pyridine rings is 2. The molecule has 0 aromatic carbocycles. The molecule has 0 aliphatic rings. The summed E-state index contributed by atoms with van der Waals surface area (Å²) in [5.41, 5.74) is 3.82. The zero-order valence-corrected chi connectivity index (χ0v) is 8.04. The molecule has 2 aromatic heterocycles. The minimum Gasteiger partial charge on any atom is -0.265 e. The third-order valence-corrected chi connectivity index (χ3v) is 1.76. The first kappa shape index (κ1) is 9.33. The summed E-state index contributed by atoms with van der Waals surface area (Å²) < 4.78 is 0. The number of nitrogens with zero attached hydrogens (tertiary/aromatic N) is 3. The van der Waals surface area contributed by atoms with Crippen molar-refractivity contribution in [3.05, 3.63) is 54.5 Å². The van der Waals surface area contributed by atoms with Crippen LogP contribution in [-0.2, 0) is 0 Å². The lowest BCUT2D eigenvalue weighted by Gasteiger charge is -1.96. The van der Waals surface area contributed by atoms with E-state index < -0.39 is 0 Å². The summed E-state index contributed by atoms with van der Waals surface area (Å²) in [7, 11) is 0. The minimum atomic E-state index is 0.725. The molecule has 0 aliphatic heterocycles. The van der Waals surface area contributed by atoms with Crippen molar-refractivity contribution in [1.82, 2.24) is 9.97 Å². The standard InChI is InChI=1S/C11H10N4/c1-2-6-13-11(3-1)15-14-9-10-4-7-12-8-5-10/h1-9H,(H,13,15)/b14-9-. The number of aromatic nitrogens is 2. The van der Waals surface area contributed by atoms with E-state index in [9.17, 15) is 0 Å². The van der Waals surface area contributed by atoms with Crippen LogP contribution in [0, 0.1) is 0 Å². The van der Waals surface area contributed by atoms with Crippen molar-refractivity contribution < 1.29 is 0 Å². The van der Waals surface area contributed by atoms with Gasteiger partial charge in [0.1, 0.15) is 5.82 Å². The first-order chi connectivity index (χ1) is 7.45. The quantitative estimate of drug-likeness (QED) is 0.605. The summed E-state index contributed by atoms with van der Waals surface area (Å²) in [6, 6.07) is 9.37. The molecule has 2 aromatic rings. The molecule has 2 rings (SSSR count). The fourth-order valence-corrected chi connectivity index (χ4v) is 1.05. The van der Waals surface area contributed by atoms with Gasteiger partial charge in [0, 0.05) is 18.6 Å². The van der Waals surface area contributed by atoms with Gasteiger partial charge in [0.05, 0.1) is 6.21 Å². The fraction of sp³-hybridized carbons (Fsp3) is 0. The molecule has 0 saturated carbocycles. The molecule has 0 aliphatic carbocycles. The van der Waals surface area contributed by atoms with E-state index in [-0.39, 0.29) is 0 Å². The van der Waals surface area contributed by atoms with Crippen LogP contribution in [0.4, 0.5) is 5.82 Å². The summed E-state index contributed by atoms with van der Waals surface area (Å²) in [5, 5.41) is 4.05. The first-order valence-electron chi connectivity index (χ1n) is 4.55. The van der Waals surface area contributed by atoms with Gasteiger partial charge >= 0.3 is 0 Å². The van der Waals surface area contributed by atoms with Gasteiger partial charge in [-0.15, -0.1) is 0 Å². The molecular weight excluding hydrogens is 188 g/mol. The highest BCUT2D eigenvalue weighted by Gasteiger charge is 1.86. The fourth-order valence-electron chi connectivity index (χ4n) is 1.05. The molecular formula is C11H10N4. The Morgan fingerprint density at radius 3 is 2.67 bits per heavy atom. The van der Waals surface area contributed by atoms with E-state index in [1.807, 2.05) is 30.3 Å². The number of hydrogen-bond acceptors (Lipinski definition) is 4. The van der Waals surface area contributed by atoms with Gasteiger partial charge in [-0.25, -0.2) is 4.98 Å². The van der Waals surface area contributed by atoms with Crippen LogP contribution in [0.3, 0.4) is 0 Å². The van der Waals surface area contributed by atoms with Gasteiger partial charge in [-0.3, -0.25) is 10.4 Å². The van der Waals surface area contributed by atoms with E-state index >= 15 is 0 Å². The molecule has 0 radical (unpaired) electrons. The van der Waals surface area contributed by atoms with Crippen LogP contribution in [0.2, 0.25) is 0 Å². The maximum Gasteiger partial charge on any atom is 0.146 e.